The summed E-state index contributed by atoms with van der Waals surface area (Å²) < 4.78 is 36.5. The van der Waals surface area contributed by atoms with Gasteiger partial charge >= 0.3 is 17.9 Å². The number of hydrogen-bond acceptors (Lipinski definition) is 19. The molecule has 0 aliphatic rings. The highest BCUT2D eigenvalue weighted by molar-refractivity contribution is 5.85. The third kappa shape index (κ3) is 15.4. The first-order valence-electron chi connectivity index (χ1n) is 30.9. The van der Waals surface area contributed by atoms with Crippen LogP contribution in [0.1, 0.15) is 78.7 Å². The van der Waals surface area contributed by atoms with Crippen molar-refractivity contribution in [3.05, 3.63) is 258 Å². The van der Waals surface area contributed by atoms with Gasteiger partial charge in [-0.3, -0.25) is 52.4 Å². The van der Waals surface area contributed by atoms with E-state index in [1.54, 1.807) is 137 Å². The van der Waals surface area contributed by atoms with Crippen LogP contribution in [0.25, 0.3) is 86.2 Å². The summed E-state index contributed by atoms with van der Waals surface area (Å²) in [4.78, 5) is 98.5. The van der Waals surface area contributed by atoms with Crippen molar-refractivity contribution in [1.82, 2.24) is 38.6 Å². The molecule has 0 saturated heterocycles. The zero-order valence-electron chi connectivity index (χ0n) is 55.3. The smallest absolute Gasteiger partial charge is 0.308 e. The molecule has 0 amide bonds. The van der Waals surface area contributed by atoms with Crippen LogP contribution in [0.15, 0.2) is 191 Å². The number of phenols is 1. The largest absolute Gasteiger partial charge is 0.504 e. The van der Waals surface area contributed by atoms with Crippen molar-refractivity contribution in [2.24, 2.45) is 0 Å². The molecule has 99 heavy (non-hydrogen) atoms. The molecular weight excluding hydrogens is 1260 g/mol. The zero-order valence-corrected chi connectivity index (χ0v) is 55.3. The molecule has 12 rings (SSSR count). The third-order valence-electron chi connectivity index (χ3n) is 15.2. The van der Waals surface area contributed by atoms with Crippen molar-refractivity contribution >= 4 is 87.1 Å². The highest BCUT2D eigenvalue weighted by Gasteiger charge is 2.23. The second-order valence-corrected chi connectivity index (χ2v) is 21.9. The van der Waals surface area contributed by atoms with E-state index in [4.69, 9.17) is 33.4 Å². The molecule has 0 radical (unpaired) electrons. The average molecular weight is 1330 g/mol. The average Bonchev–Trinajstić information content (AvgIpc) is 0.746. The number of carbonyl (C=O) groups is 3. The van der Waals surface area contributed by atoms with Gasteiger partial charge in [-0.15, -0.1) is 0 Å². The fourth-order valence-corrected chi connectivity index (χ4v) is 10.8. The van der Waals surface area contributed by atoms with Gasteiger partial charge in [0.15, 0.2) is 46.0 Å². The molecule has 0 fully saturated rings. The van der Waals surface area contributed by atoms with Gasteiger partial charge < -0.3 is 38.6 Å². The molecule has 7 aromatic carbocycles. The van der Waals surface area contributed by atoms with E-state index in [0.717, 1.165) is 28.1 Å². The number of para-hydroxylation sites is 7. The molecule has 2 N–H and O–H groups in total. The normalized spacial score (nSPS) is 11.1. The number of phenolic OH excluding ortho intramolecular Hbond substituents is 1. The number of pyridine rings is 2. The molecule has 0 atom stereocenters. The Morgan fingerprint density at radius 3 is 1.52 bits per heavy atom. The summed E-state index contributed by atoms with van der Waals surface area (Å²) >= 11 is 0. The van der Waals surface area contributed by atoms with E-state index in [2.05, 4.69) is 19.9 Å². The SMILES string of the molecule is CCOc1cccc(/C=C/c2nc3cnccc3c(=O)n2-c2ccccc2C)c1O.COc1cccc(/C=C/c2nc3ccccc3c(=O)n2-c2c(OC(C)=O)cccc2OC(C)=O)c1OC(C)=O.COc1ccnc(/C=C/c2nc3ccccc3c(=O)n2-c2c(C)cccc2C)c1O. The summed E-state index contributed by atoms with van der Waals surface area (Å²) in [6.45, 7) is 11.9. The van der Waals surface area contributed by atoms with E-state index in [-0.39, 0.29) is 56.8 Å². The summed E-state index contributed by atoms with van der Waals surface area (Å²) in [5, 5.41) is 22.1. The summed E-state index contributed by atoms with van der Waals surface area (Å²) in [5.41, 5.74) is 6.48. The second-order valence-electron chi connectivity index (χ2n) is 21.9. The van der Waals surface area contributed by atoms with Crippen LogP contribution in [0.3, 0.4) is 0 Å². The molecule has 0 bridgehead atoms. The molecule has 0 spiro atoms. The lowest BCUT2D eigenvalue weighted by atomic mass is 10.1. The fourth-order valence-electron chi connectivity index (χ4n) is 10.8. The fraction of sp³-hybridized carbons (Fsp3) is 0.130. The number of benzene rings is 7. The summed E-state index contributed by atoms with van der Waals surface area (Å²) in [6, 6.07) is 45.6. The van der Waals surface area contributed by atoms with E-state index in [1.165, 1.54) is 63.8 Å². The van der Waals surface area contributed by atoms with Gasteiger partial charge in [0.05, 0.1) is 71.1 Å². The highest BCUT2D eigenvalue weighted by atomic mass is 16.6. The molecule has 5 aromatic heterocycles. The quantitative estimate of drug-likeness (QED) is 0.0671. The maximum absolute atomic E-state index is 13.9. The molecule has 0 saturated carbocycles. The highest BCUT2D eigenvalue weighted by Crippen LogP contribution is 2.37. The van der Waals surface area contributed by atoms with Crippen molar-refractivity contribution in [3.8, 4) is 63.1 Å². The van der Waals surface area contributed by atoms with Gasteiger partial charge in [-0.05, 0) is 142 Å². The van der Waals surface area contributed by atoms with Gasteiger partial charge in [0.1, 0.15) is 28.9 Å². The minimum absolute atomic E-state index is 0.0108. The Hall–Kier alpha value is -13.1. The minimum Gasteiger partial charge on any atom is -0.504 e. The number of nitrogens with zero attached hydrogens (tertiary/aromatic N) is 8. The van der Waals surface area contributed by atoms with Crippen LogP contribution in [0.2, 0.25) is 0 Å². The molecule has 22 heteroatoms. The van der Waals surface area contributed by atoms with Gasteiger partial charge in [-0.1, -0.05) is 91.0 Å². The molecule has 0 aliphatic carbocycles. The van der Waals surface area contributed by atoms with E-state index < -0.39 is 23.5 Å². The van der Waals surface area contributed by atoms with E-state index in [9.17, 15) is 39.0 Å². The van der Waals surface area contributed by atoms with Gasteiger partial charge in [-0.2, -0.15) is 0 Å². The Kier molecular flexibility index (Phi) is 21.5. The lowest BCUT2D eigenvalue weighted by Gasteiger charge is -2.18. The topological polar surface area (TPSA) is 277 Å². The molecular formula is C77H66N8O14. The Labute approximate surface area is 566 Å². The Bertz CT molecular complexity index is 5330. The molecule has 498 valence electrons. The first kappa shape index (κ1) is 68.7. The first-order chi connectivity index (χ1) is 47.8. The zero-order chi connectivity index (χ0) is 70.4. The predicted octanol–water partition coefficient (Wildman–Crippen LogP) is 13.0. The number of ether oxygens (including phenoxy) is 6. The molecule has 22 nitrogen and oxygen atoms in total. The number of esters is 3. The maximum atomic E-state index is 13.9. The van der Waals surface area contributed by atoms with Crippen LogP contribution in [-0.4, -0.2) is 87.6 Å². The van der Waals surface area contributed by atoms with Crippen molar-refractivity contribution < 1.29 is 53.0 Å². The lowest BCUT2D eigenvalue weighted by Crippen LogP contribution is -2.24. The summed E-state index contributed by atoms with van der Waals surface area (Å²) in [6.07, 6.45) is 14.6. The number of aromatic hydroxyl groups is 2. The van der Waals surface area contributed by atoms with Gasteiger partial charge in [-0.25, -0.2) is 15.0 Å². The number of rotatable bonds is 16. The Balaban J connectivity index is 0.000000163. The second kappa shape index (κ2) is 31.0. The Morgan fingerprint density at radius 2 is 0.919 bits per heavy atom. The van der Waals surface area contributed by atoms with Gasteiger partial charge in [0.2, 0.25) is 0 Å². The predicted molar refractivity (Wildman–Crippen MR) is 379 cm³/mol. The summed E-state index contributed by atoms with van der Waals surface area (Å²) in [5.74, 6) is 0.350. The van der Waals surface area contributed by atoms with Crippen LogP contribution in [-0.2, 0) is 14.4 Å². The van der Waals surface area contributed by atoms with Crippen LogP contribution < -0.4 is 45.1 Å². The monoisotopic (exact) mass is 1330 g/mol. The number of aromatic nitrogens is 8. The number of carbonyl (C=O) groups excluding carboxylic acids is 3. The number of fused-ring (bicyclic) bond motifs is 3. The Morgan fingerprint density at radius 1 is 0.444 bits per heavy atom. The van der Waals surface area contributed by atoms with E-state index in [1.807, 2.05) is 88.4 Å². The van der Waals surface area contributed by atoms with Crippen LogP contribution in [0, 0.1) is 20.8 Å². The lowest BCUT2D eigenvalue weighted by molar-refractivity contribution is -0.133. The third-order valence-corrected chi connectivity index (χ3v) is 15.2. The van der Waals surface area contributed by atoms with Crippen LogP contribution >= 0.6 is 0 Å². The van der Waals surface area contributed by atoms with E-state index >= 15 is 0 Å². The molecule has 5 heterocycles. The molecule has 0 unspecified atom stereocenters. The number of hydrogen-bond donors (Lipinski definition) is 2. The minimum atomic E-state index is -0.641. The van der Waals surface area contributed by atoms with Gasteiger partial charge in [0.25, 0.3) is 16.7 Å². The molecule has 0 aliphatic heterocycles. The van der Waals surface area contributed by atoms with Gasteiger partial charge in [0, 0.05) is 50.4 Å². The van der Waals surface area contributed by atoms with E-state index in [0.29, 0.717) is 79.6 Å². The standard InChI is InChI=1S/C29H24N2O8.2C24H21N3O3/c1-17(32)37-23-12-8-13-24(38-18(2)33)27(23)31-26(30-22-11-6-5-10-21(22)29(31)35)16-15-20-9-7-14-25(36-4)28(20)39-19(3)34;1-15-7-6-8-16(2)22(15)27-21(26-18-10-5-4-9-17(18)24(27)29)12-11-19-23(28)20(30-3)13-14-25-19;1-3-30-21-10-6-8-17(23(21)28)11-12-22-26-19-15-25-14-13-18(19)24(29)27(22)20-9-5-4-7-16(20)2/h5-16H,1-4H3;4-14,28H,1-3H3;4-15,28H,3H2,1-2H3/b16-15+;2*12-11+. The summed E-state index contributed by atoms with van der Waals surface area (Å²) in [7, 11) is 2.92. The first-order valence-corrected chi connectivity index (χ1v) is 30.9. The maximum Gasteiger partial charge on any atom is 0.308 e. The van der Waals surface area contributed by atoms with Crippen LogP contribution in [0.4, 0.5) is 0 Å². The molecule has 12 aromatic rings. The number of methoxy groups -OCH3 is 2. The van der Waals surface area contributed by atoms with Crippen molar-refractivity contribution in [2.45, 2.75) is 48.5 Å². The van der Waals surface area contributed by atoms with Crippen molar-refractivity contribution in [2.75, 3.05) is 20.8 Å². The number of aryl methyl sites for hydroxylation is 3. The van der Waals surface area contributed by atoms with Crippen molar-refractivity contribution in [3.63, 3.8) is 0 Å². The van der Waals surface area contributed by atoms with Crippen molar-refractivity contribution in [1.29, 1.82) is 0 Å². The van der Waals surface area contributed by atoms with Crippen LogP contribution in [0.5, 0.6) is 46.0 Å².